The first kappa shape index (κ1) is 17.4. The summed E-state index contributed by atoms with van der Waals surface area (Å²) in [5, 5.41) is 8.14. The van der Waals surface area contributed by atoms with E-state index in [2.05, 4.69) is 35.5 Å². The maximum absolute atomic E-state index is 12.5. The lowest BCUT2D eigenvalue weighted by molar-refractivity contribution is -0.119. The molecule has 0 spiro atoms. The van der Waals surface area contributed by atoms with Crippen LogP contribution in [0, 0.1) is 13.8 Å². The number of rotatable bonds is 4. The minimum absolute atomic E-state index is 0.0926. The quantitative estimate of drug-likeness (QED) is 0.547. The number of hydrogen-bond acceptors (Lipinski definition) is 4. The fraction of sp³-hybridized carbons (Fsp3) is 0.190. The van der Waals surface area contributed by atoms with Crippen LogP contribution in [-0.4, -0.2) is 20.7 Å². The van der Waals surface area contributed by atoms with Gasteiger partial charge in [-0.1, -0.05) is 6.07 Å². The maximum Gasteiger partial charge on any atom is 0.248 e. The third-order valence-electron chi connectivity index (χ3n) is 4.56. The molecule has 0 saturated heterocycles. The van der Waals surface area contributed by atoms with Crippen molar-refractivity contribution in [3.8, 4) is 10.6 Å². The van der Waals surface area contributed by atoms with Crippen LogP contribution in [0.5, 0.6) is 0 Å². The third kappa shape index (κ3) is 3.48. The Bertz CT molecular complexity index is 1110. The number of hydrogen-bond donors (Lipinski definition) is 1. The van der Waals surface area contributed by atoms with Crippen LogP contribution < -0.4 is 5.32 Å². The number of anilines is 1. The zero-order valence-electron chi connectivity index (χ0n) is 15.4. The Balaban J connectivity index is 1.51. The molecule has 5 nitrogen and oxygen atoms in total. The van der Waals surface area contributed by atoms with Crippen LogP contribution in [0.3, 0.4) is 0 Å². The largest absolute Gasteiger partial charge is 0.324 e. The van der Waals surface area contributed by atoms with Gasteiger partial charge in [-0.05, 0) is 68.8 Å². The van der Waals surface area contributed by atoms with Crippen LogP contribution in [0.4, 0.5) is 5.69 Å². The van der Waals surface area contributed by atoms with Crippen molar-refractivity contribution in [2.45, 2.75) is 26.8 Å². The van der Waals surface area contributed by atoms with Crippen molar-refractivity contribution in [2.24, 2.45) is 0 Å². The van der Waals surface area contributed by atoms with Crippen molar-refractivity contribution in [1.82, 2.24) is 14.8 Å². The van der Waals surface area contributed by atoms with Gasteiger partial charge in [-0.2, -0.15) is 5.10 Å². The summed E-state index contributed by atoms with van der Waals surface area (Å²) in [5.74, 6) is -0.0926. The average Bonchev–Trinajstić information content (AvgIpc) is 3.27. The standard InChI is InChI=1S/C21H20N4OS/c1-13-4-9-18-19(12-13)27-21(24-18)16-5-7-17(8-6-16)23-20(26)15(3)25-14(2)10-11-22-25/h4-12,15H,1-3H3,(H,23,26). The van der Waals surface area contributed by atoms with Gasteiger partial charge in [0, 0.05) is 23.1 Å². The molecule has 0 saturated carbocycles. The molecule has 2 aromatic heterocycles. The van der Waals surface area contributed by atoms with Crippen LogP contribution >= 0.6 is 11.3 Å². The van der Waals surface area contributed by atoms with Crippen molar-refractivity contribution in [1.29, 1.82) is 0 Å². The molecule has 1 N–H and O–H groups in total. The van der Waals surface area contributed by atoms with E-state index in [0.717, 1.165) is 27.5 Å². The summed E-state index contributed by atoms with van der Waals surface area (Å²) in [7, 11) is 0. The Labute approximate surface area is 161 Å². The van der Waals surface area contributed by atoms with Gasteiger partial charge in [-0.25, -0.2) is 4.98 Å². The van der Waals surface area contributed by atoms with E-state index in [-0.39, 0.29) is 11.9 Å². The maximum atomic E-state index is 12.5. The van der Waals surface area contributed by atoms with Gasteiger partial charge in [-0.3, -0.25) is 9.48 Å². The molecule has 0 aliphatic rings. The van der Waals surface area contributed by atoms with Gasteiger partial charge in [0.05, 0.1) is 10.2 Å². The normalized spacial score (nSPS) is 12.3. The lowest BCUT2D eigenvalue weighted by Gasteiger charge is -2.14. The Hall–Kier alpha value is -2.99. The summed E-state index contributed by atoms with van der Waals surface area (Å²) in [4.78, 5) is 17.2. The highest BCUT2D eigenvalue weighted by Gasteiger charge is 2.17. The van der Waals surface area contributed by atoms with Crippen molar-refractivity contribution in [2.75, 3.05) is 5.32 Å². The number of thiazole rings is 1. The van der Waals surface area contributed by atoms with Crippen LogP contribution in [0.15, 0.2) is 54.7 Å². The van der Waals surface area contributed by atoms with Gasteiger partial charge in [0.15, 0.2) is 0 Å². The summed E-state index contributed by atoms with van der Waals surface area (Å²) >= 11 is 1.68. The fourth-order valence-electron chi connectivity index (χ4n) is 3.00. The predicted octanol–water partition coefficient (Wildman–Crippen LogP) is 4.98. The molecule has 1 atom stereocenters. The van der Waals surface area contributed by atoms with Crippen molar-refractivity contribution in [3.05, 3.63) is 66.0 Å². The monoisotopic (exact) mass is 376 g/mol. The van der Waals surface area contributed by atoms with Crippen molar-refractivity contribution < 1.29 is 4.79 Å². The first-order valence-corrected chi connectivity index (χ1v) is 9.61. The lowest BCUT2D eigenvalue weighted by Crippen LogP contribution is -2.25. The predicted molar refractivity (Wildman–Crippen MR) is 110 cm³/mol. The number of nitrogens with one attached hydrogen (secondary N) is 1. The molecule has 0 bridgehead atoms. The Morgan fingerprint density at radius 3 is 2.59 bits per heavy atom. The molecule has 4 rings (SSSR count). The van der Waals surface area contributed by atoms with E-state index in [4.69, 9.17) is 4.98 Å². The molecule has 1 amide bonds. The van der Waals surface area contributed by atoms with Crippen LogP contribution in [0.2, 0.25) is 0 Å². The molecule has 0 fully saturated rings. The number of fused-ring (bicyclic) bond motifs is 1. The summed E-state index contributed by atoms with van der Waals surface area (Å²) in [6.07, 6.45) is 1.70. The van der Waals surface area contributed by atoms with Gasteiger partial charge in [-0.15, -0.1) is 11.3 Å². The van der Waals surface area contributed by atoms with Crippen molar-refractivity contribution in [3.63, 3.8) is 0 Å². The number of aromatic nitrogens is 3. The first-order valence-electron chi connectivity index (χ1n) is 8.80. The Kier molecular flexibility index (Phi) is 4.49. The minimum atomic E-state index is -0.368. The second kappa shape index (κ2) is 6.96. The topological polar surface area (TPSA) is 59.8 Å². The van der Waals surface area contributed by atoms with Gasteiger partial charge >= 0.3 is 0 Å². The number of carbonyl (C=O) groups excluding carboxylic acids is 1. The molecule has 27 heavy (non-hydrogen) atoms. The lowest BCUT2D eigenvalue weighted by atomic mass is 10.2. The van der Waals surface area contributed by atoms with Gasteiger partial charge in [0.25, 0.3) is 0 Å². The molecule has 6 heteroatoms. The van der Waals surface area contributed by atoms with E-state index in [1.807, 2.05) is 44.2 Å². The van der Waals surface area contributed by atoms with Gasteiger partial charge in [0.1, 0.15) is 11.0 Å². The van der Waals surface area contributed by atoms with E-state index in [1.165, 1.54) is 10.3 Å². The second-order valence-electron chi connectivity index (χ2n) is 6.65. The van der Waals surface area contributed by atoms with Crippen LogP contribution in [0.25, 0.3) is 20.8 Å². The molecule has 0 radical (unpaired) electrons. The zero-order valence-corrected chi connectivity index (χ0v) is 16.2. The molecule has 1 unspecified atom stereocenters. The van der Waals surface area contributed by atoms with Gasteiger partial charge in [0.2, 0.25) is 5.91 Å². The van der Waals surface area contributed by atoms with Crippen LogP contribution in [-0.2, 0) is 4.79 Å². The second-order valence-corrected chi connectivity index (χ2v) is 7.68. The smallest absolute Gasteiger partial charge is 0.248 e. The highest BCUT2D eigenvalue weighted by molar-refractivity contribution is 7.21. The van der Waals surface area contributed by atoms with E-state index in [0.29, 0.717) is 0 Å². The summed E-state index contributed by atoms with van der Waals surface area (Å²) in [6.45, 7) is 5.86. The molecule has 2 aromatic carbocycles. The fourth-order valence-corrected chi connectivity index (χ4v) is 4.06. The molecule has 4 aromatic rings. The first-order chi connectivity index (χ1) is 13.0. The van der Waals surface area contributed by atoms with E-state index < -0.39 is 0 Å². The third-order valence-corrected chi connectivity index (χ3v) is 5.63. The van der Waals surface area contributed by atoms with Crippen molar-refractivity contribution >= 4 is 33.1 Å². The molecule has 136 valence electrons. The van der Waals surface area contributed by atoms with E-state index >= 15 is 0 Å². The molecule has 0 aliphatic heterocycles. The number of nitrogens with zero attached hydrogens (tertiary/aromatic N) is 3. The molecular formula is C21H20N4OS. The minimum Gasteiger partial charge on any atom is -0.324 e. The average molecular weight is 376 g/mol. The number of amides is 1. The number of benzene rings is 2. The Morgan fingerprint density at radius 1 is 1.11 bits per heavy atom. The number of aryl methyl sites for hydroxylation is 2. The summed E-state index contributed by atoms with van der Waals surface area (Å²) < 4.78 is 2.90. The van der Waals surface area contributed by atoms with E-state index in [9.17, 15) is 4.79 Å². The van der Waals surface area contributed by atoms with Gasteiger partial charge < -0.3 is 5.32 Å². The Morgan fingerprint density at radius 2 is 1.89 bits per heavy atom. The molecule has 0 aliphatic carbocycles. The SMILES string of the molecule is Cc1ccc2nc(-c3ccc(NC(=O)C(C)n4nccc4C)cc3)sc2c1. The molecule has 2 heterocycles. The van der Waals surface area contributed by atoms with E-state index in [1.54, 1.807) is 22.2 Å². The highest BCUT2D eigenvalue weighted by Crippen LogP contribution is 2.31. The zero-order chi connectivity index (χ0) is 19.0. The highest BCUT2D eigenvalue weighted by atomic mass is 32.1. The van der Waals surface area contributed by atoms with Crippen LogP contribution in [0.1, 0.15) is 24.2 Å². The number of carbonyl (C=O) groups is 1. The molecular weight excluding hydrogens is 356 g/mol. The summed E-state index contributed by atoms with van der Waals surface area (Å²) in [6, 6.07) is 15.6. The summed E-state index contributed by atoms with van der Waals surface area (Å²) in [5.41, 5.74) is 5.01.